The summed E-state index contributed by atoms with van der Waals surface area (Å²) in [5.41, 5.74) is 0. The molecule has 1 aliphatic carbocycles. The summed E-state index contributed by atoms with van der Waals surface area (Å²) in [7, 11) is 0. The van der Waals surface area contributed by atoms with Gasteiger partial charge in [0.05, 0.1) is 0 Å². The third-order valence-corrected chi connectivity index (χ3v) is 5.02. The van der Waals surface area contributed by atoms with Crippen LogP contribution in [-0.2, 0) is 4.74 Å². The highest BCUT2D eigenvalue weighted by molar-refractivity contribution is 5.67. The molecule has 0 heterocycles. The lowest BCUT2D eigenvalue weighted by molar-refractivity contribution is 0.00622. The van der Waals surface area contributed by atoms with Crippen molar-refractivity contribution in [2.75, 3.05) is 6.54 Å². The van der Waals surface area contributed by atoms with E-state index in [1.54, 1.807) is 0 Å². The summed E-state index contributed by atoms with van der Waals surface area (Å²) in [5, 5.41) is 2.93. The maximum atomic E-state index is 12.0. The lowest BCUT2D eigenvalue weighted by Crippen LogP contribution is -2.39. The minimum Gasteiger partial charge on any atom is -0.446 e. The van der Waals surface area contributed by atoms with E-state index in [-0.39, 0.29) is 12.2 Å². The summed E-state index contributed by atoms with van der Waals surface area (Å²) < 4.78 is 5.73. The summed E-state index contributed by atoms with van der Waals surface area (Å²) in [4.78, 5) is 12.0. The van der Waals surface area contributed by atoms with Crippen molar-refractivity contribution >= 4 is 6.09 Å². The van der Waals surface area contributed by atoms with Crippen molar-refractivity contribution in [2.45, 2.75) is 91.6 Å². The molecule has 3 nitrogen and oxygen atoms in total. The van der Waals surface area contributed by atoms with Gasteiger partial charge in [0.25, 0.3) is 0 Å². The van der Waals surface area contributed by atoms with Crippen LogP contribution >= 0.6 is 0 Å². The van der Waals surface area contributed by atoms with Crippen molar-refractivity contribution < 1.29 is 9.53 Å². The Kier molecular flexibility index (Phi) is 9.58. The van der Waals surface area contributed by atoms with Crippen LogP contribution in [0.5, 0.6) is 0 Å². The third-order valence-electron chi connectivity index (χ3n) is 5.02. The highest BCUT2D eigenvalue weighted by Gasteiger charge is 2.33. The molecular weight excluding hydrogens is 274 g/mol. The van der Waals surface area contributed by atoms with Gasteiger partial charge < -0.3 is 10.1 Å². The number of alkyl carbamates (subject to hydrolysis) is 1. The molecule has 0 spiro atoms. The van der Waals surface area contributed by atoms with Gasteiger partial charge in [-0.15, -0.1) is 0 Å². The Bertz CT molecular complexity index is 304. The fourth-order valence-corrected chi connectivity index (χ4v) is 3.53. The van der Waals surface area contributed by atoms with Crippen LogP contribution in [0.2, 0.25) is 0 Å². The van der Waals surface area contributed by atoms with Gasteiger partial charge in [-0.05, 0) is 37.0 Å². The predicted molar refractivity (Wildman–Crippen MR) is 93.0 cm³/mol. The molecule has 0 aromatic carbocycles. The van der Waals surface area contributed by atoms with Crippen LogP contribution in [0.25, 0.3) is 0 Å². The average Bonchev–Trinajstić information content (AvgIpc) is 2.46. The maximum Gasteiger partial charge on any atom is 0.407 e. The highest BCUT2D eigenvalue weighted by Crippen LogP contribution is 2.35. The van der Waals surface area contributed by atoms with Crippen molar-refractivity contribution in [2.24, 2.45) is 17.8 Å². The van der Waals surface area contributed by atoms with Crippen molar-refractivity contribution in [3.05, 3.63) is 0 Å². The van der Waals surface area contributed by atoms with Crippen molar-refractivity contribution in [1.29, 1.82) is 0 Å². The van der Waals surface area contributed by atoms with E-state index in [1.165, 1.54) is 44.9 Å². The average molecular weight is 312 g/mol. The second-order valence-electron chi connectivity index (χ2n) is 7.46. The Morgan fingerprint density at radius 1 is 1.14 bits per heavy atom. The molecule has 1 saturated carbocycles. The molecule has 22 heavy (non-hydrogen) atoms. The summed E-state index contributed by atoms with van der Waals surface area (Å²) in [6.07, 6.45) is 10.8. The van der Waals surface area contributed by atoms with Crippen molar-refractivity contribution in [1.82, 2.24) is 5.32 Å². The Balaban J connectivity index is 2.19. The van der Waals surface area contributed by atoms with Crippen LogP contribution in [0, 0.1) is 17.8 Å². The fourth-order valence-electron chi connectivity index (χ4n) is 3.53. The Morgan fingerprint density at radius 3 is 2.50 bits per heavy atom. The standard InChI is InChI=1S/C19H37NO2/c1-5-6-7-8-9-10-13-20-19(21)22-18-14-16(4)11-12-17(18)15(2)3/h15-18H,5-14H2,1-4H3,(H,20,21). The number of nitrogens with one attached hydrogen (secondary N) is 1. The lowest BCUT2D eigenvalue weighted by Gasteiger charge is -2.36. The lowest BCUT2D eigenvalue weighted by atomic mass is 9.75. The minimum absolute atomic E-state index is 0.105. The molecule has 3 atom stereocenters. The monoisotopic (exact) mass is 311 g/mol. The molecule has 1 amide bonds. The fraction of sp³-hybridized carbons (Fsp3) is 0.947. The van der Waals surface area contributed by atoms with Crippen molar-refractivity contribution in [3.63, 3.8) is 0 Å². The molecule has 1 aliphatic rings. The molecule has 3 unspecified atom stereocenters. The van der Waals surface area contributed by atoms with Crippen LogP contribution in [0.15, 0.2) is 0 Å². The molecule has 0 radical (unpaired) electrons. The predicted octanol–water partition coefficient (Wildman–Crippen LogP) is 5.53. The number of amides is 1. The zero-order valence-electron chi connectivity index (χ0n) is 15.2. The second-order valence-corrected chi connectivity index (χ2v) is 7.46. The zero-order valence-corrected chi connectivity index (χ0v) is 15.2. The molecular formula is C19H37NO2. The number of carbonyl (C=O) groups excluding carboxylic acids is 1. The van der Waals surface area contributed by atoms with Gasteiger partial charge in [-0.3, -0.25) is 0 Å². The van der Waals surface area contributed by atoms with E-state index in [1.807, 2.05) is 0 Å². The van der Waals surface area contributed by atoms with Gasteiger partial charge in [0.1, 0.15) is 6.10 Å². The first-order valence-corrected chi connectivity index (χ1v) is 9.49. The summed E-state index contributed by atoms with van der Waals surface area (Å²) in [6.45, 7) is 9.73. The Morgan fingerprint density at radius 2 is 1.82 bits per heavy atom. The first kappa shape index (κ1) is 19.3. The summed E-state index contributed by atoms with van der Waals surface area (Å²) in [6, 6.07) is 0. The molecule has 1 rings (SSSR count). The van der Waals surface area contributed by atoms with E-state index in [4.69, 9.17) is 4.74 Å². The Hall–Kier alpha value is -0.730. The number of hydrogen-bond acceptors (Lipinski definition) is 2. The number of hydrogen-bond donors (Lipinski definition) is 1. The molecule has 130 valence electrons. The Labute approximate surface area is 137 Å². The minimum atomic E-state index is -0.210. The van der Waals surface area contributed by atoms with Gasteiger partial charge in [0.2, 0.25) is 0 Å². The number of unbranched alkanes of at least 4 members (excludes halogenated alkanes) is 5. The molecule has 0 aliphatic heterocycles. The van der Waals surface area contributed by atoms with E-state index in [2.05, 4.69) is 33.0 Å². The quantitative estimate of drug-likeness (QED) is 0.568. The van der Waals surface area contributed by atoms with Gasteiger partial charge >= 0.3 is 6.09 Å². The zero-order chi connectivity index (χ0) is 16.4. The van der Waals surface area contributed by atoms with Crippen LogP contribution < -0.4 is 5.32 Å². The van der Waals surface area contributed by atoms with E-state index >= 15 is 0 Å². The van der Waals surface area contributed by atoms with E-state index in [9.17, 15) is 4.79 Å². The van der Waals surface area contributed by atoms with Crippen LogP contribution in [0.1, 0.15) is 85.5 Å². The molecule has 1 N–H and O–H groups in total. The van der Waals surface area contributed by atoms with Crippen LogP contribution in [0.4, 0.5) is 4.79 Å². The molecule has 3 heteroatoms. The summed E-state index contributed by atoms with van der Waals surface area (Å²) >= 11 is 0. The maximum absolute atomic E-state index is 12.0. The molecule has 0 saturated heterocycles. The third kappa shape index (κ3) is 7.51. The van der Waals surface area contributed by atoms with Gasteiger partial charge in [0, 0.05) is 6.54 Å². The van der Waals surface area contributed by atoms with Crippen molar-refractivity contribution in [3.8, 4) is 0 Å². The number of rotatable bonds is 9. The van der Waals surface area contributed by atoms with Gasteiger partial charge in [-0.25, -0.2) is 4.79 Å². The van der Waals surface area contributed by atoms with Gasteiger partial charge in [0.15, 0.2) is 0 Å². The molecule has 0 aromatic rings. The smallest absolute Gasteiger partial charge is 0.407 e. The first-order chi connectivity index (χ1) is 10.5. The SMILES string of the molecule is CCCCCCCCNC(=O)OC1CC(C)CCC1C(C)C. The first-order valence-electron chi connectivity index (χ1n) is 9.49. The van der Waals surface area contributed by atoms with Crippen LogP contribution in [0.3, 0.4) is 0 Å². The van der Waals surface area contributed by atoms with Crippen LogP contribution in [-0.4, -0.2) is 18.7 Å². The number of ether oxygens (including phenoxy) is 1. The number of carbonyl (C=O) groups is 1. The topological polar surface area (TPSA) is 38.3 Å². The molecule has 0 bridgehead atoms. The highest BCUT2D eigenvalue weighted by atomic mass is 16.6. The van der Waals surface area contributed by atoms with E-state index < -0.39 is 0 Å². The molecule has 1 fully saturated rings. The van der Waals surface area contributed by atoms with Gasteiger partial charge in [-0.2, -0.15) is 0 Å². The van der Waals surface area contributed by atoms with Gasteiger partial charge in [-0.1, -0.05) is 66.2 Å². The largest absolute Gasteiger partial charge is 0.446 e. The normalized spacial score (nSPS) is 25.2. The second kappa shape index (κ2) is 10.9. The molecule has 0 aromatic heterocycles. The summed E-state index contributed by atoms with van der Waals surface area (Å²) in [5.74, 6) is 1.78. The van der Waals surface area contributed by atoms with E-state index in [0.29, 0.717) is 17.8 Å². The van der Waals surface area contributed by atoms with E-state index in [0.717, 1.165) is 19.4 Å².